The Morgan fingerprint density at radius 2 is 1.62 bits per heavy atom. The minimum Gasteiger partial charge on any atom is -0.492 e. The molecule has 0 heterocycles. The Kier molecular flexibility index (Phi) is 6.61. The van der Waals surface area contributed by atoms with Crippen LogP contribution in [0.1, 0.15) is 16.7 Å². The SMILES string of the molecule is Cc1cc(C)cc(OCCNC(=O)NCCc2ccc(F)cc2)c1. The van der Waals surface area contributed by atoms with Gasteiger partial charge in [-0.15, -0.1) is 0 Å². The molecule has 0 atom stereocenters. The largest absolute Gasteiger partial charge is 0.492 e. The number of nitrogens with one attached hydrogen (secondary N) is 2. The number of carbonyl (C=O) groups is 1. The summed E-state index contributed by atoms with van der Waals surface area (Å²) in [5.74, 6) is 0.555. The van der Waals surface area contributed by atoms with Gasteiger partial charge in [0.2, 0.25) is 0 Å². The summed E-state index contributed by atoms with van der Waals surface area (Å²) in [4.78, 5) is 11.7. The van der Waals surface area contributed by atoms with Gasteiger partial charge in [-0.1, -0.05) is 18.2 Å². The lowest BCUT2D eigenvalue weighted by atomic mass is 10.1. The maximum absolute atomic E-state index is 12.8. The van der Waals surface area contributed by atoms with Crippen LogP contribution in [0.3, 0.4) is 0 Å². The van der Waals surface area contributed by atoms with Gasteiger partial charge in [0.05, 0.1) is 6.54 Å². The van der Waals surface area contributed by atoms with Crippen molar-refractivity contribution in [3.8, 4) is 5.75 Å². The van der Waals surface area contributed by atoms with Gasteiger partial charge in [-0.3, -0.25) is 0 Å². The van der Waals surface area contributed by atoms with Gasteiger partial charge < -0.3 is 15.4 Å². The van der Waals surface area contributed by atoms with Crippen molar-refractivity contribution < 1.29 is 13.9 Å². The van der Waals surface area contributed by atoms with E-state index in [9.17, 15) is 9.18 Å². The maximum Gasteiger partial charge on any atom is 0.314 e. The second-order valence-corrected chi connectivity index (χ2v) is 5.73. The van der Waals surface area contributed by atoms with Crippen molar-refractivity contribution in [2.24, 2.45) is 0 Å². The van der Waals surface area contributed by atoms with Crippen LogP contribution in [0, 0.1) is 19.7 Å². The zero-order valence-electron chi connectivity index (χ0n) is 14.1. The number of ether oxygens (including phenoxy) is 1. The minimum absolute atomic E-state index is 0.235. The smallest absolute Gasteiger partial charge is 0.314 e. The number of carbonyl (C=O) groups excluding carboxylic acids is 1. The summed E-state index contributed by atoms with van der Waals surface area (Å²) in [6, 6.07) is 12.0. The van der Waals surface area contributed by atoms with E-state index in [2.05, 4.69) is 16.7 Å². The number of hydrogen-bond donors (Lipinski definition) is 2. The van der Waals surface area contributed by atoms with Gasteiger partial charge >= 0.3 is 6.03 Å². The normalized spacial score (nSPS) is 10.3. The lowest BCUT2D eigenvalue weighted by Gasteiger charge is -2.10. The minimum atomic E-state index is -0.256. The summed E-state index contributed by atoms with van der Waals surface area (Å²) in [5.41, 5.74) is 3.28. The number of halogens is 1. The first-order valence-corrected chi connectivity index (χ1v) is 8.00. The molecule has 0 aliphatic rings. The summed E-state index contributed by atoms with van der Waals surface area (Å²) in [6.45, 7) is 5.37. The molecule has 2 aromatic rings. The van der Waals surface area contributed by atoms with Gasteiger partial charge in [0.1, 0.15) is 18.2 Å². The Labute approximate surface area is 142 Å². The molecule has 0 aliphatic carbocycles. The lowest BCUT2D eigenvalue weighted by molar-refractivity contribution is 0.236. The summed E-state index contributed by atoms with van der Waals surface area (Å²) in [7, 11) is 0. The molecule has 0 unspecified atom stereocenters. The molecule has 0 spiro atoms. The molecule has 2 rings (SSSR count). The molecule has 0 fully saturated rings. The molecule has 0 aromatic heterocycles. The van der Waals surface area contributed by atoms with Gasteiger partial charge in [0.25, 0.3) is 0 Å². The van der Waals surface area contributed by atoms with E-state index in [0.717, 1.165) is 22.4 Å². The Hall–Kier alpha value is -2.56. The number of aryl methyl sites for hydroxylation is 2. The van der Waals surface area contributed by atoms with Crippen LogP contribution < -0.4 is 15.4 Å². The fraction of sp³-hybridized carbons (Fsp3) is 0.316. The van der Waals surface area contributed by atoms with Gasteiger partial charge in [-0.25, -0.2) is 9.18 Å². The van der Waals surface area contributed by atoms with Gasteiger partial charge in [0.15, 0.2) is 0 Å². The van der Waals surface area contributed by atoms with Crippen LogP contribution >= 0.6 is 0 Å². The van der Waals surface area contributed by atoms with Crippen molar-refractivity contribution in [3.05, 3.63) is 65.0 Å². The molecule has 4 nitrogen and oxygen atoms in total. The molecule has 0 saturated heterocycles. The van der Waals surface area contributed by atoms with Crippen LogP contribution in [0.25, 0.3) is 0 Å². The van der Waals surface area contributed by atoms with Crippen LogP contribution in [-0.2, 0) is 6.42 Å². The van der Waals surface area contributed by atoms with Gasteiger partial charge in [0, 0.05) is 6.54 Å². The molecule has 2 aromatic carbocycles. The van der Waals surface area contributed by atoms with Crippen molar-refractivity contribution in [2.45, 2.75) is 20.3 Å². The first-order chi connectivity index (χ1) is 11.5. The van der Waals surface area contributed by atoms with Crippen molar-refractivity contribution >= 4 is 6.03 Å². The molecule has 0 saturated carbocycles. The van der Waals surface area contributed by atoms with Crippen LogP contribution in [0.15, 0.2) is 42.5 Å². The van der Waals surface area contributed by atoms with Crippen molar-refractivity contribution in [2.75, 3.05) is 19.7 Å². The fourth-order valence-electron chi connectivity index (χ4n) is 2.38. The Balaban J connectivity index is 1.60. The van der Waals surface area contributed by atoms with E-state index >= 15 is 0 Å². The summed E-state index contributed by atoms with van der Waals surface area (Å²) in [6.07, 6.45) is 0.659. The van der Waals surface area contributed by atoms with Crippen molar-refractivity contribution in [1.29, 1.82) is 0 Å². The lowest BCUT2D eigenvalue weighted by Crippen LogP contribution is -2.38. The molecule has 0 radical (unpaired) electrons. The third kappa shape index (κ3) is 6.28. The average molecular weight is 330 g/mol. The van der Waals surface area contributed by atoms with E-state index in [1.807, 2.05) is 26.0 Å². The fourth-order valence-corrected chi connectivity index (χ4v) is 2.38. The third-order valence-electron chi connectivity index (χ3n) is 3.46. The van der Waals surface area contributed by atoms with Gasteiger partial charge in [-0.05, 0) is 61.2 Å². The summed E-state index contributed by atoms with van der Waals surface area (Å²) in [5, 5.41) is 5.51. The Morgan fingerprint density at radius 1 is 1.00 bits per heavy atom. The number of hydrogen-bond acceptors (Lipinski definition) is 2. The van der Waals surface area contributed by atoms with E-state index in [4.69, 9.17) is 4.74 Å². The van der Waals surface area contributed by atoms with E-state index in [1.165, 1.54) is 12.1 Å². The van der Waals surface area contributed by atoms with Crippen molar-refractivity contribution in [1.82, 2.24) is 10.6 Å². The van der Waals surface area contributed by atoms with E-state index in [1.54, 1.807) is 12.1 Å². The molecular formula is C19H23FN2O2. The Morgan fingerprint density at radius 3 is 2.29 bits per heavy atom. The van der Waals surface area contributed by atoms with Crippen LogP contribution in [0.4, 0.5) is 9.18 Å². The number of amides is 2. The van der Waals surface area contributed by atoms with Crippen LogP contribution in [0.2, 0.25) is 0 Å². The predicted octanol–water partition coefficient (Wildman–Crippen LogP) is 3.36. The topological polar surface area (TPSA) is 50.4 Å². The molecule has 128 valence electrons. The second-order valence-electron chi connectivity index (χ2n) is 5.73. The van der Waals surface area contributed by atoms with E-state index in [0.29, 0.717) is 26.1 Å². The first kappa shape index (κ1) is 17.8. The highest BCUT2D eigenvalue weighted by molar-refractivity contribution is 5.73. The third-order valence-corrected chi connectivity index (χ3v) is 3.46. The van der Waals surface area contributed by atoms with Crippen LogP contribution in [0.5, 0.6) is 5.75 Å². The number of rotatable bonds is 7. The molecule has 0 aliphatic heterocycles. The highest BCUT2D eigenvalue weighted by Gasteiger charge is 2.01. The van der Waals surface area contributed by atoms with Crippen LogP contribution in [-0.4, -0.2) is 25.7 Å². The predicted molar refractivity (Wildman–Crippen MR) is 92.9 cm³/mol. The number of benzene rings is 2. The molecule has 5 heteroatoms. The van der Waals surface area contributed by atoms with E-state index in [-0.39, 0.29) is 11.8 Å². The standard InChI is InChI=1S/C19H23FN2O2/c1-14-11-15(2)13-18(12-14)24-10-9-22-19(23)21-8-7-16-3-5-17(20)6-4-16/h3-6,11-13H,7-10H2,1-2H3,(H2,21,22,23). The highest BCUT2D eigenvalue weighted by atomic mass is 19.1. The average Bonchev–Trinajstić information content (AvgIpc) is 2.53. The highest BCUT2D eigenvalue weighted by Crippen LogP contribution is 2.15. The van der Waals surface area contributed by atoms with E-state index < -0.39 is 0 Å². The molecule has 2 amide bonds. The quantitative estimate of drug-likeness (QED) is 0.765. The monoisotopic (exact) mass is 330 g/mol. The van der Waals surface area contributed by atoms with Gasteiger partial charge in [-0.2, -0.15) is 0 Å². The maximum atomic E-state index is 12.8. The zero-order valence-corrected chi connectivity index (χ0v) is 14.1. The molecule has 24 heavy (non-hydrogen) atoms. The summed E-state index contributed by atoms with van der Waals surface area (Å²) >= 11 is 0. The Bertz CT molecular complexity index is 651. The first-order valence-electron chi connectivity index (χ1n) is 8.00. The molecule has 0 bridgehead atoms. The second kappa shape index (κ2) is 8.91. The zero-order chi connectivity index (χ0) is 17.4. The summed E-state index contributed by atoms with van der Waals surface area (Å²) < 4.78 is 18.4. The van der Waals surface area contributed by atoms with Crippen molar-refractivity contribution in [3.63, 3.8) is 0 Å². The molecular weight excluding hydrogens is 307 g/mol. The molecule has 2 N–H and O–H groups in total. The number of urea groups is 1.